The van der Waals surface area contributed by atoms with Gasteiger partial charge in [0.1, 0.15) is 11.2 Å². The van der Waals surface area contributed by atoms with Gasteiger partial charge >= 0.3 is 12.3 Å². The maximum Gasteiger partial charge on any atom is 0.418 e. The Bertz CT molecular complexity index is 1920. The van der Waals surface area contributed by atoms with E-state index in [2.05, 4.69) is 0 Å². The summed E-state index contributed by atoms with van der Waals surface area (Å²) in [6.45, 7) is 9.23. The molecule has 5 rings (SSSR count). The van der Waals surface area contributed by atoms with Crippen LogP contribution in [0.25, 0.3) is 11.0 Å². The third-order valence-electron chi connectivity index (χ3n) is 8.37. The molecule has 14 heteroatoms. The van der Waals surface area contributed by atoms with Crippen molar-refractivity contribution < 1.29 is 45.4 Å². The number of aliphatic hydroxyl groups excluding tert-OH is 1. The van der Waals surface area contributed by atoms with Gasteiger partial charge in [-0.2, -0.15) is 13.2 Å². The van der Waals surface area contributed by atoms with E-state index in [0.717, 1.165) is 15.9 Å². The van der Waals surface area contributed by atoms with E-state index < -0.39 is 39.7 Å². The van der Waals surface area contributed by atoms with Crippen molar-refractivity contribution in [1.82, 2.24) is 4.90 Å². The number of alkyl halides is 3. The molecule has 0 saturated carbocycles. The van der Waals surface area contributed by atoms with E-state index >= 15 is 0 Å². The second kappa shape index (κ2) is 14.5. The van der Waals surface area contributed by atoms with Crippen molar-refractivity contribution in [1.29, 1.82) is 0 Å². The van der Waals surface area contributed by atoms with Crippen LogP contribution < -0.4 is 9.21 Å². The van der Waals surface area contributed by atoms with Crippen LogP contribution >= 0.6 is 0 Å². The molecule has 1 atom stereocenters. The lowest BCUT2D eigenvalue weighted by molar-refractivity contribution is -0.137. The first-order valence-electron chi connectivity index (χ1n) is 16.3. The zero-order chi connectivity index (χ0) is 36.4. The van der Waals surface area contributed by atoms with E-state index in [4.69, 9.17) is 13.9 Å². The summed E-state index contributed by atoms with van der Waals surface area (Å²) in [6.07, 6.45) is -6.47. The number of fused-ring (bicyclic) bond motifs is 1. The minimum Gasteiger partial charge on any atom is -0.455 e. The van der Waals surface area contributed by atoms with Crippen molar-refractivity contribution in [2.24, 2.45) is 0 Å². The van der Waals surface area contributed by atoms with E-state index in [1.807, 2.05) is 18.2 Å². The maximum atomic E-state index is 14.7. The van der Waals surface area contributed by atoms with Gasteiger partial charge in [0.15, 0.2) is 5.76 Å². The lowest BCUT2D eigenvalue weighted by Gasteiger charge is -2.38. The number of sulfonamides is 1. The molecule has 1 amide bonds. The number of aliphatic hydroxyl groups is 1. The second-order valence-corrected chi connectivity index (χ2v) is 14.9. The van der Waals surface area contributed by atoms with Crippen LogP contribution in [0.4, 0.5) is 29.3 Å². The molecule has 50 heavy (non-hydrogen) atoms. The molecular weight excluding hydrogens is 675 g/mol. The van der Waals surface area contributed by atoms with Gasteiger partial charge in [0.25, 0.3) is 10.0 Å². The Balaban J connectivity index is 1.51. The molecule has 270 valence electrons. The molecule has 1 N–H and O–H groups in total. The van der Waals surface area contributed by atoms with Crippen molar-refractivity contribution in [2.45, 2.75) is 64.0 Å². The Morgan fingerprint density at radius 2 is 1.68 bits per heavy atom. The van der Waals surface area contributed by atoms with E-state index in [1.54, 1.807) is 51.7 Å². The number of carbonyl (C=O) groups is 1. The zero-order valence-electron chi connectivity index (χ0n) is 28.7. The molecular formula is C36H42F3N3O7S. The number of amides is 1. The topological polar surface area (TPSA) is 113 Å². The van der Waals surface area contributed by atoms with Gasteiger partial charge in [0.05, 0.1) is 16.1 Å². The minimum atomic E-state index is -4.81. The molecule has 0 bridgehead atoms. The van der Waals surface area contributed by atoms with Crippen molar-refractivity contribution in [2.75, 3.05) is 48.5 Å². The Hall–Kier alpha value is -4.27. The quantitative estimate of drug-likeness (QED) is 0.170. The van der Waals surface area contributed by atoms with Crippen molar-refractivity contribution >= 4 is 38.5 Å². The van der Waals surface area contributed by atoms with E-state index in [1.165, 1.54) is 35.2 Å². The summed E-state index contributed by atoms with van der Waals surface area (Å²) >= 11 is 0. The number of carbonyl (C=O) groups excluding carboxylic acids is 1. The first-order valence-corrected chi connectivity index (χ1v) is 17.8. The molecule has 1 aliphatic rings. The average molecular weight is 718 g/mol. The summed E-state index contributed by atoms with van der Waals surface area (Å²) < 4.78 is 90.4. The highest BCUT2D eigenvalue weighted by Crippen LogP contribution is 2.41. The van der Waals surface area contributed by atoms with Gasteiger partial charge in [-0.05, 0) is 83.0 Å². The van der Waals surface area contributed by atoms with Crippen molar-refractivity contribution in [3.8, 4) is 0 Å². The monoisotopic (exact) mass is 717 g/mol. The van der Waals surface area contributed by atoms with Crippen LogP contribution in [0.2, 0.25) is 0 Å². The summed E-state index contributed by atoms with van der Waals surface area (Å²) in [5.74, 6) is 0.134. The summed E-state index contributed by atoms with van der Waals surface area (Å²) in [5, 5.41) is 10.8. The molecule has 2 heterocycles. The van der Waals surface area contributed by atoms with E-state index in [9.17, 15) is 31.5 Å². The molecule has 3 aromatic carbocycles. The fraction of sp³-hybridized carbons (Fsp3) is 0.417. The largest absolute Gasteiger partial charge is 0.455 e. The Morgan fingerprint density at radius 1 is 1.00 bits per heavy atom. The van der Waals surface area contributed by atoms with E-state index in [0.29, 0.717) is 16.5 Å². The number of benzene rings is 3. The number of piperazine rings is 1. The SMILES string of the molecule is CCOC(O)c1oc2ccc(S(=O)(=O)N(CCc3ccccc3)c3ccc(N4CCN(C(=O)OC(C)(C)C)CC4)c(C(F)(F)F)c3)cc2c1C. The van der Waals surface area contributed by atoms with Gasteiger partial charge in [-0.15, -0.1) is 0 Å². The molecule has 0 aliphatic carbocycles. The van der Waals surface area contributed by atoms with Crippen LogP contribution in [0.15, 0.2) is 76.0 Å². The Kier molecular flexibility index (Phi) is 10.8. The smallest absolute Gasteiger partial charge is 0.418 e. The van der Waals surface area contributed by atoms with Crippen molar-refractivity contribution in [3.05, 3.63) is 89.2 Å². The van der Waals surface area contributed by atoms with Crippen LogP contribution in [-0.2, 0) is 32.1 Å². The summed E-state index contributed by atoms with van der Waals surface area (Å²) in [6, 6.07) is 16.8. The predicted octanol–water partition coefficient (Wildman–Crippen LogP) is 7.28. The normalized spacial score (nSPS) is 15.0. The van der Waals surface area contributed by atoms with Crippen LogP contribution in [0.3, 0.4) is 0 Å². The van der Waals surface area contributed by atoms with Gasteiger partial charge in [-0.25, -0.2) is 13.2 Å². The predicted molar refractivity (Wildman–Crippen MR) is 184 cm³/mol. The molecule has 4 aromatic rings. The van der Waals surface area contributed by atoms with Crippen LogP contribution in [-0.4, -0.2) is 69.4 Å². The van der Waals surface area contributed by atoms with Gasteiger partial charge in [-0.1, -0.05) is 30.3 Å². The Morgan fingerprint density at radius 3 is 2.30 bits per heavy atom. The molecule has 10 nitrogen and oxygen atoms in total. The molecule has 1 saturated heterocycles. The standard InChI is InChI=1S/C36H42F3N3O7S/c1-6-47-33(43)32-24(2)28-23-27(13-15-31(28)48-32)50(45,46)42(17-16-25-10-8-7-9-11-25)26-12-14-30(29(22-26)36(37,38)39)40-18-20-41(21-19-40)34(44)49-35(3,4)5/h7-15,22-23,33,43H,6,16-21H2,1-5H3. The highest BCUT2D eigenvalue weighted by atomic mass is 32.2. The summed E-state index contributed by atoms with van der Waals surface area (Å²) in [7, 11) is -4.43. The third-order valence-corrected chi connectivity index (χ3v) is 10.2. The number of hydrogen-bond acceptors (Lipinski definition) is 8. The molecule has 1 unspecified atom stereocenters. The number of aryl methyl sites for hydroxylation is 1. The average Bonchev–Trinajstić information content (AvgIpc) is 3.40. The highest BCUT2D eigenvalue weighted by Gasteiger charge is 2.38. The minimum absolute atomic E-state index is 0.110. The second-order valence-electron chi connectivity index (χ2n) is 13.0. The number of halogens is 3. The number of nitrogens with zero attached hydrogens (tertiary/aromatic N) is 3. The Labute approximate surface area is 290 Å². The first-order chi connectivity index (χ1) is 23.5. The van der Waals surface area contributed by atoms with Gasteiger partial charge in [0.2, 0.25) is 6.29 Å². The lowest BCUT2D eigenvalue weighted by Crippen LogP contribution is -2.50. The summed E-state index contributed by atoms with van der Waals surface area (Å²) in [5.41, 5.74) is -0.360. The van der Waals surface area contributed by atoms with Crippen LogP contribution in [0.5, 0.6) is 0 Å². The molecule has 1 fully saturated rings. The zero-order valence-corrected chi connectivity index (χ0v) is 29.5. The lowest BCUT2D eigenvalue weighted by atomic mass is 10.1. The fourth-order valence-electron chi connectivity index (χ4n) is 5.88. The number of furan rings is 1. The summed E-state index contributed by atoms with van der Waals surface area (Å²) in [4.78, 5) is 15.4. The molecule has 0 radical (unpaired) electrons. The molecule has 1 aromatic heterocycles. The number of ether oxygens (including phenoxy) is 2. The maximum absolute atomic E-state index is 14.7. The van der Waals surface area contributed by atoms with Crippen LogP contribution in [0.1, 0.15) is 56.4 Å². The van der Waals surface area contributed by atoms with Crippen LogP contribution in [0, 0.1) is 6.92 Å². The molecule has 1 aliphatic heterocycles. The van der Waals surface area contributed by atoms with Crippen molar-refractivity contribution in [3.63, 3.8) is 0 Å². The first kappa shape index (κ1) is 37.0. The molecule has 0 spiro atoms. The van der Waals surface area contributed by atoms with Gasteiger partial charge < -0.3 is 28.8 Å². The number of rotatable bonds is 10. The highest BCUT2D eigenvalue weighted by molar-refractivity contribution is 7.92. The number of anilines is 2. The third kappa shape index (κ3) is 8.19. The fourth-order valence-corrected chi connectivity index (χ4v) is 7.36. The van der Waals surface area contributed by atoms with E-state index in [-0.39, 0.29) is 67.8 Å². The number of hydrogen-bond donors (Lipinski definition) is 1. The van der Waals surface area contributed by atoms with Gasteiger partial charge in [-0.3, -0.25) is 4.31 Å². The van der Waals surface area contributed by atoms with Gasteiger partial charge in [0, 0.05) is 56.0 Å².